The lowest BCUT2D eigenvalue weighted by Crippen LogP contribution is -2.27. The van der Waals surface area contributed by atoms with Crippen LogP contribution in [0.3, 0.4) is 0 Å². The van der Waals surface area contributed by atoms with Crippen LogP contribution in [0.25, 0.3) is 5.69 Å². The number of nitriles is 1. The van der Waals surface area contributed by atoms with E-state index >= 15 is 0 Å². The summed E-state index contributed by atoms with van der Waals surface area (Å²) in [6, 6.07) is 16.0. The van der Waals surface area contributed by atoms with Crippen LogP contribution in [0.2, 0.25) is 0 Å². The maximum absolute atomic E-state index is 13.5. The van der Waals surface area contributed by atoms with Crippen LogP contribution in [0, 0.1) is 11.3 Å². The van der Waals surface area contributed by atoms with E-state index in [-0.39, 0.29) is 23.0 Å². The van der Waals surface area contributed by atoms with Crippen molar-refractivity contribution >= 4 is 11.6 Å². The zero-order chi connectivity index (χ0) is 26.2. The summed E-state index contributed by atoms with van der Waals surface area (Å²) >= 11 is 0. The van der Waals surface area contributed by atoms with Crippen molar-refractivity contribution in [3.8, 4) is 11.8 Å². The molecule has 2 aromatic heterocycles. The Bertz CT molecular complexity index is 1470. The number of anilines is 1. The molecule has 1 amide bonds. The molecule has 1 fully saturated rings. The third-order valence-corrected chi connectivity index (χ3v) is 6.28. The molecule has 8 nitrogen and oxygen atoms in total. The second-order valence-corrected chi connectivity index (χ2v) is 8.90. The Morgan fingerprint density at radius 2 is 1.97 bits per heavy atom. The van der Waals surface area contributed by atoms with Gasteiger partial charge in [-0.2, -0.15) is 28.6 Å². The predicted octanol–water partition coefficient (Wildman–Crippen LogP) is 4.92. The molecule has 1 aliphatic rings. The smallest absolute Gasteiger partial charge is 0.321 e. The molecular formula is C26H22F3N7O. The molecule has 1 aliphatic carbocycles. The number of carbonyl (C=O) groups excluding carboxylic acids is 1. The monoisotopic (exact) mass is 505 g/mol. The highest BCUT2D eigenvalue weighted by Gasteiger charge is 2.36. The number of benzene rings is 2. The topological polar surface area (TPSA) is 103 Å². The van der Waals surface area contributed by atoms with E-state index in [1.54, 1.807) is 24.4 Å². The summed E-state index contributed by atoms with van der Waals surface area (Å²) in [4.78, 5) is 15.5. The number of hydrogen-bond donors (Lipinski definition) is 2. The summed E-state index contributed by atoms with van der Waals surface area (Å²) in [5.74, 6) is -0.766. The second-order valence-electron chi connectivity index (χ2n) is 8.90. The van der Waals surface area contributed by atoms with Gasteiger partial charge in [-0.1, -0.05) is 18.2 Å². The number of rotatable bonds is 7. The first-order valence-electron chi connectivity index (χ1n) is 11.5. The predicted molar refractivity (Wildman–Crippen MR) is 129 cm³/mol. The number of carbonyl (C=O) groups is 1. The lowest BCUT2D eigenvalue weighted by Gasteiger charge is -2.28. The Balaban J connectivity index is 1.48. The molecule has 1 atom stereocenters. The highest BCUT2D eigenvalue weighted by Crippen LogP contribution is 2.37. The molecule has 2 N–H and O–H groups in total. The van der Waals surface area contributed by atoms with Gasteiger partial charge in [0.1, 0.15) is 5.69 Å². The van der Waals surface area contributed by atoms with Crippen LogP contribution in [0.1, 0.15) is 51.8 Å². The number of nitrogens with one attached hydrogen (secondary N) is 2. The van der Waals surface area contributed by atoms with Crippen molar-refractivity contribution in [1.29, 1.82) is 5.26 Å². The Morgan fingerprint density at radius 3 is 2.65 bits per heavy atom. The molecule has 1 unspecified atom stereocenters. The zero-order valence-electron chi connectivity index (χ0n) is 19.7. The average molecular weight is 506 g/mol. The SMILES string of the molecule is CN(C1CC1)C(c1cn[nH]c1)c1cccc(NC(=O)c2cc(C(F)(F)F)nn2-c2cccc(C#N)c2)c1. The van der Waals surface area contributed by atoms with Gasteiger partial charge in [0.25, 0.3) is 5.91 Å². The number of alkyl halides is 3. The summed E-state index contributed by atoms with van der Waals surface area (Å²) in [7, 11) is 2.03. The van der Waals surface area contributed by atoms with Crippen LogP contribution >= 0.6 is 0 Å². The molecule has 188 valence electrons. The Hall–Kier alpha value is -4.43. The van der Waals surface area contributed by atoms with E-state index in [4.69, 9.17) is 0 Å². The summed E-state index contributed by atoms with van der Waals surface area (Å²) in [6.07, 6.45) is 1.01. The van der Waals surface area contributed by atoms with Gasteiger partial charge in [0.15, 0.2) is 5.69 Å². The minimum absolute atomic E-state index is 0.112. The number of halogens is 3. The molecule has 4 aromatic rings. The number of hydrogen-bond acceptors (Lipinski definition) is 5. The third-order valence-electron chi connectivity index (χ3n) is 6.28. The quantitative estimate of drug-likeness (QED) is 0.371. The highest BCUT2D eigenvalue weighted by molar-refractivity contribution is 6.03. The number of aromatic amines is 1. The summed E-state index contributed by atoms with van der Waals surface area (Å²) < 4.78 is 41.3. The molecule has 1 saturated carbocycles. The summed E-state index contributed by atoms with van der Waals surface area (Å²) in [5, 5.41) is 22.4. The van der Waals surface area contributed by atoms with Crippen molar-refractivity contribution in [2.24, 2.45) is 0 Å². The van der Waals surface area contributed by atoms with Crippen molar-refractivity contribution in [3.05, 3.63) is 95.1 Å². The summed E-state index contributed by atoms with van der Waals surface area (Å²) in [6.45, 7) is 0. The fourth-order valence-corrected chi connectivity index (χ4v) is 4.33. The van der Waals surface area contributed by atoms with Gasteiger partial charge in [-0.25, -0.2) is 4.68 Å². The normalized spacial score (nSPS) is 14.4. The molecule has 0 aliphatic heterocycles. The van der Waals surface area contributed by atoms with E-state index < -0.39 is 17.8 Å². The maximum Gasteiger partial charge on any atom is 0.435 e. The van der Waals surface area contributed by atoms with Gasteiger partial charge >= 0.3 is 6.18 Å². The van der Waals surface area contributed by atoms with E-state index in [1.807, 2.05) is 25.4 Å². The minimum atomic E-state index is -4.75. The fraction of sp³-hybridized carbons (Fsp3) is 0.231. The molecule has 5 rings (SSSR count). The van der Waals surface area contributed by atoms with Crippen molar-refractivity contribution in [3.63, 3.8) is 0 Å². The second kappa shape index (κ2) is 9.55. The van der Waals surface area contributed by atoms with Gasteiger partial charge in [-0.05, 0) is 55.8 Å². The number of nitrogens with zero attached hydrogens (tertiary/aromatic N) is 5. The summed E-state index contributed by atoms with van der Waals surface area (Å²) in [5.41, 5.74) is 1.16. The standard InChI is InChI=1S/C26H22F3N7O/c1-35(20-8-9-20)24(18-14-31-32-15-18)17-5-3-6-19(11-17)33-25(37)22-12-23(26(27,28)29)34-36(22)21-7-2-4-16(10-21)13-30/h2-7,10-12,14-15,20,24H,8-9H2,1H3,(H,31,32)(H,33,37). The van der Waals surface area contributed by atoms with Crippen LogP contribution in [-0.4, -0.2) is 43.9 Å². The van der Waals surface area contributed by atoms with E-state index in [2.05, 4.69) is 25.5 Å². The van der Waals surface area contributed by atoms with Crippen LogP contribution in [0.4, 0.5) is 18.9 Å². The molecule has 0 bridgehead atoms. The van der Waals surface area contributed by atoms with E-state index in [1.165, 1.54) is 24.3 Å². The molecular weight excluding hydrogens is 483 g/mol. The van der Waals surface area contributed by atoms with Crippen molar-refractivity contribution in [2.75, 3.05) is 12.4 Å². The molecule has 0 saturated heterocycles. The van der Waals surface area contributed by atoms with Gasteiger partial charge in [0, 0.05) is 29.6 Å². The Morgan fingerprint density at radius 1 is 1.19 bits per heavy atom. The molecule has 0 spiro atoms. The number of H-pyrrole nitrogens is 1. The van der Waals surface area contributed by atoms with Gasteiger partial charge in [-0.3, -0.25) is 14.8 Å². The van der Waals surface area contributed by atoms with Gasteiger partial charge < -0.3 is 5.32 Å². The lowest BCUT2D eigenvalue weighted by atomic mass is 9.99. The lowest BCUT2D eigenvalue weighted by molar-refractivity contribution is -0.141. The first-order chi connectivity index (χ1) is 17.7. The highest BCUT2D eigenvalue weighted by atomic mass is 19.4. The third kappa shape index (κ3) is 5.10. The van der Waals surface area contributed by atoms with Gasteiger partial charge in [0.2, 0.25) is 0 Å². The molecule has 11 heteroatoms. The minimum Gasteiger partial charge on any atom is -0.321 e. The van der Waals surface area contributed by atoms with Crippen molar-refractivity contribution in [2.45, 2.75) is 31.1 Å². The first-order valence-corrected chi connectivity index (χ1v) is 11.5. The zero-order valence-corrected chi connectivity index (χ0v) is 19.7. The van der Waals surface area contributed by atoms with E-state index in [0.29, 0.717) is 17.8 Å². The first kappa shape index (κ1) is 24.3. The van der Waals surface area contributed by atoms with E-state index in [0.717, 1.165) is 28.7 Å². The van der Waals surface area contributed by atoms with E-state index in [9.17, 15) is 23.2 Å². The molecule has 2 aromatic carbocycles. The molecule has 37 heavy (non-hydrogen) atoms. The van der Waals surface area contributed by atoms with Crippen molar-refractivity contribution < 1.29 is 18.0 Å². The van der Waals surface area contributed by atoms with Crippen LogP contribution in [-0.2, 0) is 6.18 Å². The van der Waals surface area contributed by atoms with Gasteiger partial charge in [0.05, 0.1) is 29.6 Å². The number of aromatic nitrogens is 4. The average Bonchev–Trinajstić information content (AvgIpc) is 3.39. The van der Waals surface area contributed by atoms with Crippen LogP contribution in [0.15, 0.2) is 67.0 Å². The maximum atomic E-state index is 13.5. The Labute approximate surface area is 210 Å². The fourth-order valence-electron chi connectivity index (χ4n) is 4.33. The van der Waals surface area contributed by atoms with Gasteiger partial charge in [-0.15, -0.1) is 0 Å². The van der Waals surface area contributed by atoms with Crippen LogP contribution in [0.5, 0.6) is 0 Å². The van der Waals surface area contributed by atoms with Crippen LogP contribution < -0.4 is 5.32 Å². The molecule has 2 heterocycles. The Kier molecular flexibility index (Phi) is 6.27. The molecule has 0 radical (unpaired) electrons. The van der Waals surface area contributed by atoms with Crippen molar-refractivity contribution in [1.82, 2.24) is 24.9 Å². The number of amides is 1. The largest absolute Gasteiger partial charge is 0.435 e.